The number of nitrogens with one attached hydrogen (secondary N) is 3. The van der Waals surface area contributed by atoms with Gasteiger partial charge in [-0.3, -0.25) is 9.59 Å². The van der Waals surface area contributed by atoms with E-state index in [1.165, 1.54) is 42.1 Å². The van der Waals surface area contributed by atoms with E-state index >= 15 is 0 Å². The summed E-state index contributed by atoms with van der Waals surface area (Å²) in [6, 6.07) is 5.70. The SMILES string of the molecule is Cc1c(C(=N)/C=C(/Nc2ccncn2)C(N)=O)ccc(F)c1NC(=O)c1cc2c(s1)CC(C)(C)C2O. The first-order valence-corrected chi connectivity index (χ1v) is 11.8. The lowest BCUT2D eigenvalue weighted by atomic mass is 9.88. The standard InChI is InChI=1S/C25H25FN6O3S/c1-12-13(16(27)9-17(23(28)34)31-20-6-7-29-11-30-20)4-5-15(26)21(12)32-24(35)18-8-14-19(36-18)10-25(2,3)22(14)33/h4-9,11,22,27,33H,10H2,1-3H3,(H2,28,34)(H,32,35)(H,29,30,31)/b17-9+,27-16?. The Kier molecular flexibility index (Phi) is 6.70. The van der Waals surface area contributed by atoms with Gasteiger partial charge in [-0.1, -0.05) is 13.8 Å². The number of amides is 2. The van der Waals surface area contributed by atoms with Crippen LogP contribution in [0.1, 0.15) is 51.2 Å². The normalized spacial score (nSPS) is 16.4. The minimum atomic E-state index is -0.817. The maximum atomic E-state index is 14.7. The second kappa shape index (κ2) is 9.59. The van der Waals surface area contributed by atoms with Crippen molar-refractivity contribution in [2.45, 2.75) is 33.3 Å². The number of primary amides is 1. The van der Waals surface area contributed by atoms with Gasteiger partial charge in [-0.15, -0.1) is 11.3 Å². The number of nitrogens with two attached hydrogens (primary N) is 1. The van der Waals surface area contributed by atoms with Gasteiger partial charge in [-0.05, 0) is 60.2 Å². The maximum Gasteiger partial charge on any atom is 0.265 e. The van der Waals surface area contributed by atoms with Gasteiger partial charge in [0.25, 0.3) is 11.8 Å². The average molecular weight is 509 g/mol. The Bertz CT molecular complexity index is 1400. The molecule has 0 fully saturated rings. The lowest BCUT2D eigenvalue weighted by molar-refractivity contribution is -0.114. The molecule has 186 valence electrons. The van der Waals surface area contributed by atoms with Gasteiger partial charge in [0.2, 0.25) is 0 Å². The van der Waals surface area contributed by atoms with E-state index in [0.717, 1.165) is 16.5 Å². The van der Waals surface area contributed by atoms with Gasteiger partial charge in [0.05, 0.1) is 22.4 Å². The fraction of sp³-hybridized carbons (Fsp3) is 0.240. The first-order valence-electron chi connectivity index (χ1n) is 11.0. The van der Waals surface area contributed by atoms with Crippen LogP contribution in [0, 0.1) is 23.6 Å². The third kappa shape index (κ3) is 4.88. The number of thiophene rings is 1. The fourth-order valence-corrected chi connectivity index (χ4v) is 5.38. The van der Waals surface area contributed by atoms with Crippen molar-refractivity contribution >= 4 is 40.4 Å². The molecule has 0 saturated carbocycles. The first-order chi connectivity index (χ1) is 17.0. The lowest BCUT2D eigenvalue weighted by Crippen LogP contribution is -2.22. The number of hydrogen-bond donors (Lipinski definition) is 5. The molecule has 0 saturated heterocycles. The molecule has 9 nitrogen and oxygen atoms in total. The van der Waals surface area contributed by atoms with Gasteiger partial charge < -0.3 is 26.9 Å². The zero-order valence-electron chi connectivity index (χ0n) is 19.8. The summed E-state index contributed by atoms with van der Waals surface area (Å²) in [5, 5.41) is 24.3. The summed E-state index contributed by atoms with van der Waals surface area (Å²) < 4.78 is 14.7. The summed E-state index contributed by atoms with van der Waals surface area (Å²) in [6.07, 6.45) is 3.95. The summed E-state index contributed by atoms with van der Waals surface area (Å²) in [4.78, 5) is 33.9. The lowest BCUT2D eigenvalue weighted by Gasteiger charge is -2.22. The van der Waals surface area contributed by atoms with Gasteiger partial charge >= 0.3 is 0 Å². The molecule has 0 spiro atoms. The number of carbonyl (C=O) groups excluding carboxylic acids is 2. The molecule has 2 heterocycles. The highest BCUT2D eigenvalue weighted by atomic mass is 32.1. The zero-order chi connectivity index (χ0) is 26.2. The van der Waals surface area contributed by atoms with Crippen LogP contribution in [0.15, 0.2) is 48.6 Å². The third-order valence-corrected chi connectivity index (χ3v) is 7.21. The molecule has 1 aromatic carbocycles. The highest BCUT2D eigenvalue weighted by Gasteiger charge is 2.40. The van der Waals surface area contributed by atoms with E-state index in [-0.39, 0.29) is 22.5 Å². The summed E-state index contributed by atoms with van der Waals surface area (Å²) in [5.41, 5.74) is 6.18. The number of hydrogen-bond acceptors (Lipinski definition) is 8. The highest BCUT2D eigenvalue weighted by molar-refractivity contribution is 7.14. The summed E-state index contributed by atoms with van der Waals surface area (Å²) in [7, 11) is 0. The van der Waals surface area contributed by atoms with Crippen LogP contribution in [0.4, 0.5) is 15.9 Å². The quantitative estimate of drug-likeness (QED) is 0.242. The number of allylic oxidation sites excluding steroid dienone is 1. The Balaban J connectivity index is 1.59. The van der Waals surface area contributed by atoms with Crippen LogP contribution in [0.2, 0.25) is 0 Å². The highest BCUT2D eigenvalue weighted by Crippen LogP contribution is 2.48. The molecular formula is C25H25FN6O3S. The Morgan fingerprint density at radius 1 is 1.31 bits per heavy atom. The summed E-state index contributed by atoms with van der Waals surface area (Å²) in [6.45, 7) is 5.49. The molecule has 36 heavy (non-hydrogen) atoms. The number of carbonyl (C=O) groups is 2. The Labute approximate surface area is 210 Å². The monoisotopic (exact) mass is 508 g/mol. The molecule has 1 aliphatic rings. The summed E-state index contributed by atoms with van der Waals surface area (Å²) >= 11 is 1.27. The van der Waals surface area contributed by atoms with Crippen LogP contribution < -0.4 is 16.4 Å². The summed E-state index contributed by atoms with van der Waals surface area (Å²) in [5.74, 6) is -1.68. The van der Waals surface area contributed by atoms with E-state index in [4.69, 9.17) is 11.1 Å². The maximum absolute atomic E-state index is 14.7. The second-order valence-electron chi connectivity index (χ2n) is 9.16. The minimum Gasteiger partial charge on any atom is -0.388 e. The van der Waals surface area contributed by atoms with Crippen LogP contribution in [0.3, 0.4) is 0 Å². The molecule has 2 amide bonds. The van der Waals surface area contributed by atoms with E-state index in [9.17, 15) is 19.1 Å². The van der Waals surface area contributed by atoms with Crippen LogP contribution in [0.5, 0.6) is 0 Å². The number of fused-ring (bicyclic) bond motifs is 1. The van der Waals surface area contributed by atoms with Gasteiger partial charge in [-0.25, -0.2) is 14.4 Å². The predicted octanol–water partition coefficient (Wildman–Crippen LogP) is 3.70. The molecule has 3 aromatic rings. The van der Waals surface area contributed by atoms with Crippen LogP contribution >= 0.6 is 11.3 Å². The predicted molar refractivity (Wildman–Crippen MR) is 136 cm³/mol. The number of anilines is 2. The topological polar surface area (TPSA) is 154 Å². The van der Waals surface area contributed by atoms with Gasteiger partial charge in [0, 0.05) is 16.6 Å². The molecular weight excluding hydrogens is 483 g/mol. The van der Waals surface area contributed by atoms with Crippen molar-refractivity contribution in [3.63, 3.8) is 0 Å². The number of aliphatic hydroxyl groups excluding tert-OH is 1. The van der Waals surface area contributed by atoms with Crippen molar-refractivity contribution < 1.29 is 19.1 Å². The van der Waals surface area contributed by atoms with Crippen molar-refractivity contribution in [3.8, 4) is 0 Å². The number of rotatable bonds is 7. The molecule has 6 N–H and O–H groups in total. The fourth-order valence-electron chi connectivity index (χ4n) is 4.05. The van der Waals surface area contributed by atoms with Crippen molar-refractivity contribution in [1.82, 2.24) is 9.97 Å². The Morgan fingerprint density at radius 3 is 2.69 bits per heavy atom. The van der Waals surface area contributed by atoms with Crippen LogP contribution in [-0.2, 0) is 11.2 Å². The van der Waals surface area contributed by atoms with E-state index in [1.807, 2.05) is 13.8 Å². The van der Waals surface area contributed by atoms with Crippen LogP contribution in [-0.4, -0.2) is 32.6 Å². The average Bonchev–Trinajstić information content (AvgIpc) is 3.32. The smallest absolute Gasteiger partial charge is 0.265 e. The van der Waals surface area contributed by atoms with E-state index in [2.05, 4.69) is 20.6 Å². The molecule has 0 radical (unpaired) electrons. The van der Waals surface area contributed by atoms with E-state index in [0.29, 0.717) is 28.2 Å². The largest absolute Gasteiger partial charge is 0.388 e. The number of benzene rings is 1. The molecule has 0 bridgehead atoms. The number of nitrogens with zero attached hydrogens (tertiary/aromatic N) is 2. The van der Waals surface area contributed by atoms with Crippen LogP contribution in [0.25, 0.3) is 0 Å². The van der Waals surface area contributed by atoms with E-state index in [1.54, 1.807) is 13.0 Å². The van der Waals surface area contributed by atoms with Crippen molar-refractivity contribution in [2.75, 3.05) is 10.6 Å². The second-order valence-corrected chi connectivity index (χ2v) is 10.3. The zero-order valence-corrected chi connectivity index (χ0v) is 20.7. The minimum absolute atomic E-state index is 0.0746. The van der Waals surface area contributed by atoms with Crippen molar-refractivity contribution in [1.29, 1.82) is 5.41 Å². The molecule has 1 unspecified atom stereocenters. The van der Waals surface area contributed by atoms with Gasteiger partial charge in [-0.2, -0.15) is 0 Å². The van der Waals surface area contributed by atoms with E-state index < -0.39 is 23.7 Å². The Morgan fingerprint density at radius 2 is 2.06 bits per heavy atom. The van der Waals surface area contributed by atoms with Crippen molar-refractivity contribution in [2.24, 2.45) is 11.1 Å². The molecule has 0 aliphatic heterocycles. The molecule has 1 aliphatic carbocycles. The first kappa shape index (κ1) is 25.1. The molecule has 11 heteroatoms. The Hall–Kier alpha value is -3.96. The number of aromatic nitrogens is 2. The number of halogens is 1. The molecule has 4 rings (SSSR count). The molecule has 2 aromatic heterocycles. The molecule has 1 atom stereocenters. The van der Waals surface area contributed by atoms with Gasteiger partial charge in [0.15, 0.2) is 0 Å². The van der Waals surface area contributed by atoms with Crippen molar-refractivity contribution in [3.05, 3.63) is 80.8 Å². The third-order valence-electron chi connectivity index (χ3n) is 6.06. The van der Waals surface area contributed by atoms with Gasteiger partial charge in [0.1, 0.15) is 23.7 Å². The number of aliphatic hydroxyl groups is 1.